The van der Waals surface area contributed by atoms with Crippen LogP contribution in [-0.4, -0.2) is 28.3 Å². The van der Waals surface area contributed by atoms with E-state index in [1.807, 2.05) is 18.1 Å². The fourth-order valence-electron chi connectivity index (χ4n) is 1.24. The third-order valence-corrected chi connectivity index (χ3v) is 2.14. The summed E-state index contributed by atoms with van der Waals surface area (Å²) in [6, 6.07) is 3.34. The highest BCUT2D eigenvalue weighted by atomic mass is 16.3. The second kappa shape index (κ2) is 3.57. The molecular formula is C11H11N3O. The maximum atomic E-state index is 9.11. The maximum absolute atomic E-state index is 9.11. The lowest BCUT2D eigenvalue weighted by Gasteiger charge is -2.18. The van der Waals surface area contributed by atoms with Crippen molar-refractivity contribution in [2.75, 3.05) is 7.05 Å². The highest BCUT2D eigenvalue weighted by Gasteiger charge is 2.08. The summed E-state index contributed by atoms with van der Waals surface area (Å²) in [5.74, 6) is 0.849. The van der Waals surface area contributed by atoms with Crippen LogP contribution in [0.25, 0.3) is 5.57 Å². The van der Waals surface area contributed by atoms with Crippen molar-refractivity contribution in [3.63, 3.8) is 0 Å². The number of aromatic hydroxyl groups is 1. The molecule has 4 nitrogen and oxygen atoms in total. The first-order valence-electron chi connectivity index (χ1n) is 4.50. The molecule has 0 saturated heterocycles. The Hall–Kier alpha value is -2.10. The van der Waals surface area contributed by atoms with Gasteiger partial charge in [-0.05, 0) is 12.1 Å². The van der Waals surface area contributed by atoms with Gasteiger partial charge in [0, 0.05) is 25.0 Å². The number of aromatic nitrogens is 1. The monoisotopic (exact) mass is 201 g/mol. The van der Waals surface area contributed by atoms with Crippen LogP contribution in [0.15, 0.2) is 41.9 Å². The van der Waals surface area contributed by atoms with E-state index in [2.05, 4.69) is 16.6 Å². The van der Waals surface area contributed by atoms with Gasteiger partial charge in [0.15, 0.2) is 0 Å². The molecule has 15 heavy (non-hydrogen) atoms. The molecule has 2 rings (SSSR count). The fourth-order valence-corrected chi connectivity index (χ4v) is 1.24. The molecule has 1 aliphatic heterocycles. The summed E-state index contributed by atoms with van der Waals surface area (Å²) in [6.07, 6.45) is 5.02. The van der Waals surface area contributed by atoms with E-state index in [1.165, 1.54) is 6.20 Å². The van der Waals surface area contributed by atoms with Crippen molar-refractivity contribution in [1.82, 2.24) is 9.88 Å². The molecule has 0 unspecified atom stereocenters. The summed E-state index contributed by atoms with van der Waals surface area (Å²) in [5.41, 5.74) is 1.67. The van der Waals surface area contributed by atoms with Crippen LogP contribution in [-0.2, 0) is 0 Å². The van der Waals surface area contributed by atoms with Crippen molar-refractivity contribution in [2.24, 2.45) is 4.99 Å². The second-order valence-corrected chi connectivity index (χ2v) is 3.27. The van der Waals surface area contributed by atoms with Crippen LogP contribution in [0.3, 0.4) is 0 Å². The van der Waals surface area contributed by atoms with Gasteiger partial charge in [0.2, 0.25) is 0 Å². The van der Waals surface area contributed by atoms with Crippen molar-refractivity contribution < 1.29 is 5.11 Å². The van der Waals surface area contributed by atoms with E-state index in [1.54, 1.807) is 18.3 Å². The lowest BCUT2D eigenvalue weighted by Crippen LogP contribution is -2.13. The molecule has 1 aromatic heterocycles. The normalized spacial score (nSPS) is 15.4. The van der Waals surface area contributed by atoms with Gasteiger partial charge in [0.25, 0.3) is 0 Å². The van der Waals surface area contributed by atoms with Crippen molar-refractivity contribution >= 4 is 11.8 Å². The summed E-state index contributed by atoms with van der Waals surface area (Å²) in [7, 11) is 1.87. The minimum absolute atomic E-state index is 0.157. The minimum atomic E-state index is 0.157. The number of nitrogens with zero attached hydrogens (tertiary/aromatic N) is 3. The Morgan fingerprint density at radius 2 is 2.20 bits per heavy atom. The molecule has 0 atom stereocenters. The first-order valence-corrected chi connectivity index (χ1v) is 4.50. The van der Waals surface area contributed by atoms with Gasteiger partial charge in [-0.25, -0.2) is 4.99 Å². The van der Waals surface area contributed by atoms with Crippen LogP contribution < -0.4 is 0 Å². The molecule has 0 aromatic carbocycles. The van der Waals surface area contributed by atoms with E-state index in [-0.39, 0.29) is 5.75 Å². The van der Waals surface area contributed by atoms with E-state index in [0.717, 1.165) is 11.3 Å². The van der Waals surface area contributed by atoms with Crippen molar-refractivity contribution in [1.29, 1.82) is 0 Å². The molecule has 1 N–H and O–H groups in total. The van der Waals surface area contributed by atoms with Crippen molar-refractivity contribution in [2.45, 2.75) is 0 Å². The quantitative estimate of drug-likeness (QED) is 0.751. The molecule has 0 radical (unpaired) electrons. The van der Waals surface area contributed by atoms with Gasteiger partial charge < -0.3 is 10.0 Å². The fraction of sp³-hybridized carbons (Fsp3) is 0.0909. The number of pyridine rings is 1. The van der Waals surface area contributed by atoms with E-state index in [9.17, 15) is 0 Å². The number of aliphatic imine (C=N–C) groups is 1. The Kier molecular flexibility index (Phi) is 2.25. The molecule has 0 aliphatic carbocycles. The third-order valence-electron chi connectivity index (χ3n) is 2.14. The molecule has 0 spiro atoms. The largest absolute Gasteiger partial charge is 0.506 e. The van der Waals surface area contributed by atoms with Gasteiger partial charge >= 0.3 is 0 Å². The Morgan fingerprint density at radius 1 is 1.40 bits per heavy atom. The average Bonchev–Trinajstić information content (AvgIpc) is 2.23. The number of allylic oxidation sites excluding steroid dienone is 1. The van der Waals surface area contributed by atoms with E-state index in [0.29, 0.717) is 5.82 Å². The van der Waals surface area contributed by atoms with Crippen LogP contribution >= 0.6 is 0 Å². The zero-order valence-electron chi connectivity index (χ0n) is 8.38. The lowest BCUT2D eigenvalue weighted by molar-refractivity contribution is 0.472. The van der Waals surface area contributed by atoms with Crippen LogP contribution in [0.4, 0.5) is 0 Å². The van der Waals surface area contributed by atoms with Crippen LogP contribution in [0.1, 0.15) is 5.69 Å². The van der Waals surface area contributed by atoms with E-state index >= 15 is 0 Å². The first kappa shape index (κ1) is 9.45. The number of hydrogen-bond donors (Lipinski definition) is 1. The summed E-state index contributed by atoms with van der Waals surface area (Å²) < 4.78 is 0. The van der Waals surface area contributed by atoms with Gasteiger partial charge in [0.05, 0.1) is 11.9 Å². The SMILES string of the molecule is C=C1N=CC(c2ccc(O)cn2)=CN1C. The van der Waals surface area contributed by atoms with Crippen molar-refractivity contribution in [3.05, 3.63) is 42.6 Å². The zero-order chi connectivity index (χ0) is 10.8. The summed E-state index contributed by atoms with van der Waals surface area (Å²) in [6.45, 7) is 3.76. The maximum Gasteiger partial charge on any atom is 0.133 e. The molecule has 0 amide bonds. The summed E-state index contributed by atoms with van der Waals surface area (Å²) in [5, 5.41) is 9.11. The Labute approximate surface area is 87.9 Å². The molecule has 0 fully saturated rings. The zero-order valence-corrected chi connectivity index (χ0v) is 8.38. The molecule has 4 heteroatoms. The van der Waals surface area contributed by atoms with Crippen LogP contribution in [0.2, 0.25) is 0 Å². The highest BCUT2D eigenvalue weighted by Crippen LogP contribution is 2.18. The third kappa shape index (κ3) is 1.88. The van der Waals surface area contributed by atoms with Gasteiger partial charge in [-0.15, -0.1) is 0 Å². The van der Waals surface area contributed by atoms with Gasteiger partial charge in [-0.2, -0.15) is 0 Å². The smallest absolute Gasteiger partial charge is 0.133 e. The predicted molar refractivity (Wildman–Crippen MR) is 59.3 cm³/mol. The lowest BCUT2D eigenvalue weighted by atomic mass is 10.2. The van der Waals surface area contributed by atoms with Crippen LogP contribution in [0.5, 0.6) is 5.75 Å². The number of hydrogen-bond acceptors (Lipinski definition) is 4. The first-order chi connectivity index (χ1) is 7.16. The molecular weight excluding hydrogens is 190 g/mol. The van der Waals surface area contributed by atoms with E-state index < -0.39 is 0 Å². The molecule has 2 heterocycles. The number of rotatable bonds is 1. The van der Waals surface area contributed by atoms with Crippen LogP contribution in [0, 0.1) is 0 Å². The molecule has 1 aromatic rings. The molecule has 1 aliphatic rings. The topological polar surface area (TPSA) is 48.7 Å². The van der Waals surface area contributed by atoms with Gasteiger partial charge in [-0.3, -0.25) is 4.98 Å². The van der Waals surface area contributed by atoms with Crippen molar-refractivity contribution in [3.8, 4) is 5.75 Å². The van der Waals surface area contributed by atoms with E-state index in [4.69, 9.17) is 5.11 Å². The Bertz CT molecular complexity index is 445. The molecule has 76 valence electrons. The molecule has 0 bridgehead atoms. The summed E-state index contributed by atoms with van der Waals surface area (Å²) in [4.78, 5) is 10.0. The average molecular weight is 201 g/mol. The Balaban J connectivity index is 2.33. The minimum Gasteiger partial charge on any atom is -0.506 e. The second-order valence-electron chi connectivity index (χ2n) is 3.27. The highest BCUT2D eigenvalue weighted by molar-refractivity contribution is 6.09. The molecule has 0 saturated carbocycles. The Morgan fingerprint density at radius 3 is 2.80 bits per heavy atom. The predicted octanol–water partition coefficient (Wildman–Crippen LogP) is 1.62. The summed E-state index contributed by atoms with van der Waals surface area (Å²) >= 11 is 0. The van der Waals surface area contributed by atoms with Gasteiger partial charge in [-0.1, -0.05) is 6.58 Å². The van der Waals surface area contributed by atoms with Gasteiger partial charge in [0.1, 0.15) is 11.6 Å². The standard InChI is InChI=1S/C11H11N3O/c1-8-12-5-9(7-14(8)2)11-4-3-10(15)6-13-11/h3-7,15H,1H2,2H3.